The molecule has 2 N–H and O–H groups in total. The van der Waals surface area contributed by atoms with Gasteiger partial charge in [0.15, 0.2) is 0 Å². The van der Waals surface area contributed by atoms with E-state index in [-0.39, 0.29) is 21.1 Å². The molecule has 2 atom stereocenters. The molecule has 0 amide bonds. The second kappa shape index (κ2) is 6.68. The average Bonchev–Trinajstić information content (AvgIpc) is 2.82. The van der Waals surface area contributed by atoms with Crippen LogP contribution in [-0.4, -0.2) is 37.0 Å². The quantitative estimate of drug-likeness (QED) is 0.854. The number of rotatable bonds is 5. The highest BCUT2D eigenvalue weighted by Crippen LogP contribution is 2.30. The van der Waals surface area contributed by atoms with Gasteiger partial charge in [-0.05, 0) is 32.1 Å². The summed E-state index contributed by atoms with van der Waals surface area (Å²) in [6, 6.07) is 1.17. The van der Waals surface area contributed by atoms with Crippen LogP contribution < -0.4 is 4.72 Å². The summed E-state index contributed by atoms with van der Waals surface area (Å²) in [5, 5.41) is 9.27. The number of hydrogen-bond acceptors (Lipinski definition) is 5. The van der Waals surface area contributed by atoms with E-state index in [9.17, 15) is 13.2 Å². The monoisotopic (exact) mass is 349 g/mol. The van der Waals surface area contributed by atoms with Crippen LogP contribution in [0.3, 0.4) is 0 Å². The van der Waals surface area contributed by atoms with E-state index in [1.54, 1.807) is 18.7 Å². The van der Waals surface area contributed by atoms with Crippen LogP contribution in [0.4, 0.5) is 0 Å². The number of aromatic carboxylic acids is 1. The van der Waals surface area contributed by atoms with Crippen molar-refractivity contribution in [2.45, 2.75) is 48.8 Å². The molecule has 1 aliphatic rings. The largest absolute Gasteiger partial charge is 0.477 e. The summed E-state index contributed by atoms with van der Waals surface area (Å²) < 4.78 is 27.8. The third-order valence-electron chi connectivity index (χ3n) is 3.68. The Balaban J connectivity index is 2.23. The highest BCUT2D eigenvalue weighted by atomic mass is 32.2. The fourth-order valence-corrected chi connectivity index (χ4v) is 6.38. The predicted octanol–water partition coefficient (Wildman–Crippen LogP) is 2.71. The number of carbonyl (C=O) groups is 1. The molecule has 1 fully saturated rings. The molecule has 2 rings (SSSR count). The number of aryl methyl sites for hydroxylation is 1. The van der Waals surface area contributed by atoms with Crippen molar-refractivity contribution < 1.29 is 18.3 Å². The zero-order chi connectivity index (χ0) is 15.6. The average molecular weight is 349 g/mol. The molecule has 0 aliphatic heterocycles. The van der Waals surface area contributed by atoms with Gasteiger partial charge < -0.3 is 5.11 Å². The maximum atomic E-state index is 12.5. The Morgan fingerprint density at radius 2 is 2.10 bits per heavy atom. The first-order chi connectivity index (χ1) is 9.85. The molecule has 1 aromatic heterocycles. The van der Waals surface area contributed by atoms with Crippen LogP contribution in [0, 0.1) is 6.92 Å². The van der Waals surface area contributed by atoms with E-state index < -0.39 is 16.0 Å². The predicted molar refractivity (Wildman–Crippen MR) is 85.9 cm³/mol. The number of sulfonamides is 1. The van der Waals surface area contributed by atoms with Crippen LogP contribution in [0.2, 0.25) is 0 Å². The fourth-order valence-electron chi connectivity index (χ4n) is 2.61. The maximum absolute atomic E-state index is 12.5. The Labute approximate surface area is 133 Å². The van der Waals surface area contributed by atoms with Gasteiger partial charge in [-0.3, -0.25) is 0 Å². The molecule has 5 nitrogen and oxygen atoms in total. The van der Waals surface area contributed by atoms with Crippen molar-refractivity contribution in [3.63, 3.8) is 0 Å². The molecule has 1 heterocycles. The molecule has 2 unspecified atom stereocenters. The topological polar surface area (TPSA) is 83.5 Å². The van der Waals surface area contributed by atoms with E-state index in [4.69, 9.17) is 5.11 Å². The SMILES string of the molecule is CSC1CCCCC1NS(=O)(=O)c1cc(C(=O)O)sc1C. The molecule has 1 saturated carbocycles. The minimum absolute atomic E-state index is 0.0536. The van der Waals surface area contributed by atoms with Gasteiger partial charge in [-0.25, -0.2) is 17.9 Å². The molecule has 0 bridgehead atoms. The van der Waals surface area contributed by atoms with Gasteiger partial charge in [0, 0.05) is 16.2 Å². The first-order valence-electron chi connectivity index (χ1n) is 6.74. The number of nitrogens with one attached hydrogen (secondary N) is 1. The van der Waals surface area contributed by atoms with Crippen LogP contribution in [0.5, 0.6) is 0 Å². The lowest BCUT2D eigenvalue weighted by Gasteiger charge is -2.30. The lowest BCUT2D eigenvalue weighted by atomic mass is 9.96. The Morgan fingerprint density at radius 1 is 1.43 bits per heavy atom. The third kappa shape index (κ3) is 3.80. The van der Waals surface area contributed by atoms with Gasteiger partial charge in [0.2, 0.25) is 10.0 Å². The van der Waals surface area contributed by atoms with E-state index in [1.165, 1.54) is 6.07 Å². The fraction of sp³-hybridized carbons (Fsp3) is 0.615. The van der Waals surface area contributed by atoms with E-state index in [0.717, 1.165) is 37.0 Å². The number of carboxylic acids is 1. The minimum atomic E-state index is -3.66. The van der Waals surface area contributed by atoms with Crippen molar-refractivity contribution in [1.29, 1.82) is 0 Å². The van der Waals surface area contributed by atoms with Crippen LogP contribution in [0.1, 0.15) is 40.2 Å². The van der Waals surface area contributed by atoms with Crippen LogP contribution in [-0.2, 0) is 10.0 Å². The molecule has 0 aromatic carbocycles. The van der Waals surface area contributed by atoms with E-state index in [1.807, 2.05) is 6.26 Å². The van der Waals surface area contributed by atoms with Gasteiger partial charge in [0.05, 0.1) is 4.90 Å². The summed E-state index contributed by atoms with van der Waals surface area (Å²) >= 11 is 2.68. The van der Waals surface area contributed by atoms with Crippen LogP contribution in [0.15, 0.2) is 11.0 Å². The molecule has 8 heteroatoms. The van der Waals surface area contributed by atoms with Gasteiger partial charge in [-0.1, -0.05) is 12.8 Å². The summed E-state index contributed by atoms with van der Waals surface area (Å²) in [7, 11) is -3.66. The molecule has 1 aromatic rings. The van der Waals surface area contributed by atoms with Crippen molar-refractivity contribution >= 4 is 39.1 Å². The van der Waals surface area contributed by atoms with Crippen LogP contribution in [0.25, 0.3) is 0 Å². The van der Waals surface area contributed by atoms with Crippen molar-refractivity contribution in [2.24, 2.45) is 0 Å². The highest BCUT2D eigenvalue weighted by Gasteiger charge is 2.30. The Hall–Kier alpha value is -0.570. The van der Waals surface area contributed by atoms with Gasteiger partial charge in [0.1, 0.15) is 4.88 Å². The first kappa shape index (κ1) is 16.8. The van der Waals surface area contributed by atoms with E-state index in [2.05, 4.69) is 4.72 Å². The summed E-state index contributed by atoms with van der Waals surface area (Å²) in [6.07, 6.45) is 5.99. The Bertz CT molecular complexity index is 623. The molecule has 0 radical (unpaired) electrons. The lowest BCUT2D eigenvalue weighted by molar-refractivity contribution is 0.0702. The van der Waals surface area contributed by atoms with Crippen molar-refractivity contribution in [1.82, 2.24) is 4.72 Å². The molecule has 1 aliphatic carbocycles. The molecule has 0 saturated heterocycles. The second-order valence-corrected chi connectivity index (χ2v) is 9.14. The highest BCUT2D eigenvalue weighted by molar-refractivity contribution is 7.99. The normalized spacial score (nSPS) is 23.1. The third-order valence-corrected chi connectivity index (χ3v) is 7.64. The molecule has 118 valence electrons. The Kier molecular flexibility index (Phi) is 5.34. The summed E-state index contributed by atoms with van der Waals surface area (Å²) in [6.45, 7) is 1.64. The van der Waals surface area contributed by atoms with Gasteiger partial charge >= 0.3 is 5.97 Å². The molecular weight excluding hydrogens is 330 g/mol. The van der Waals surface area contributed by atoms with Crippen molar-refractivity contribution in [3.8, 4) is 0 Å². The summed E-state index contributed by atoms with van der Waals surface area (Å²) in [5.41, 5.74) is 0. The molecule has 0 spiro atoms. The first-order valence-corrected chi connectivity index (χ1v) is 10.3. The molecule has 21 heavy (non-hydrogen) atoms. The van der Waals surface area contributed by atoms with Crippen LogP contribution >= 0.6 is 23.1 Å². The van der Waals surface area contributed by atoms with E-state index in [0.29, 0.717) is 4.88 Å². The smallest absolute Gasteiger partial charge is 0.345 e. The second-order valence-electron chi connectivity index (χ2n) is 5.12. The summed E-state index contributed by atoms with van der Waals surface area (Å²) in [5.74, 6) is -1.09. The number of carboxylic acid groups (broad SMARTS) is 1. The van der Waals surface area contributed by atoms with E-state index >= 15 is 0 Å². The standard InChI is InChI=1S/C13H19NO4S3/c1-8-12(7-11(20-8)13(15)16)21(17,18)14-9-5-3-4-6-10(9)19-2/h7,9-10,14H,3-6H2,1-2H3,(H,15,16). The number of thioether (sulfide) groups is 1. The zero-order valence-electron chi connectivity index (χ0n) is 12.0. The van der Waals surface area contributed by atoms with Gasteiger partial charge in [-0.15, -0.1) is 11.3 Å². The maximum Gasteiger partial charge on any atom is 0.345 e. The number of hydrogen-bond donors (Lipinski definition) is 2. The zero-order valence-corrected chi connectivity index (χ0v) is 14.4. The van der Waals surface area contributed by atoms with Gasteiger partial charge in [0.25, 0.3) is 0 Å². The Morgan fingerprint density at radius 3 is 2.67 bits per heavy atom. The minimum Gasteiger partial charge on any atom is -0.477 e. The lowest BCUT2D eigenvalue weighted by Crippen LogP contribution is -2.43. The molecular formula is C13H19NO4S3. The van der Waals surface area contributed by atoms with Gasteiger partial charge in [-0.2, -0.15) is 11.8 Å². The van der Waals surface area contributed by atoms with Crippen molar-refractivity contribution in [3.05, 3.63) is 15.8 Å². The summed E-state index contributed by atoms with van der Waals surface area (Å²) in [4.78, 5) is 11.6. The number of thiophene rings is 1. The van der Waals surface area contributed by atoms with Crippen molar-refractivity contribution in [2.75, 3.05) is 6.26 Å².